The van der Waals surface area contributed by atoms with E-state index in [4.69, 9.17) is 23.2 Å². The van der Waals surface area contributed by atoms with E-state index in [1.165, 1.54) is 17.0 Å². The number of aryl methyl sites for hydroxylation is 2. The number of halogens is 2. The summed E-state index contributed by atoms with van der Waals surface area (Å²) in [6.45, 7) is 7.43. The van der Waals surface area contributed by atoms with Crippen LogP contribution in [0.25, 0.3) is 0 Å². The zero-order chi connectivity index (χ0) is 33.4. The van der Waals surface area contributed by atoms with Gasteiger partial charge in [0.25, 0.3) is 10.0 Å². The van der Waals surface area contributed by atoms with Crippen molar-refractivity contribution < 1.29 is 18.0 Å². The fourth-order valence-electron chi connectivity index (χ4n) is 5.11. The Hall–Kier alpha value is -3.85. The molecule has 7 nitrogen and oxygen atoms in total. The van der Waals surface area contributed by atoms with Gasteiger partial charge in [-0.2, -0.15) is 0 Å². The van der Waals surface area contributed by atoms with Gasteiger partial charge in [0.15, 0.2) is 0 Å². The van der Waals surface area contributed by atoms with Gasteiger partial charge in [-0.3, -0.25) is 13.9 Å². The predicted octanol–water partition coefficient (Wildman–Crippen LogP) is 7.28. The highest BCUT2D eigenvalue weighted by Crippen LogP contribution is 2.30. The first-order valence-corrected chi connectivity index (χ1v) is 17.3. The first kappa shape index (κ1) is 35.0. The zero-order valence-electron chi connectivity index (χ0n) is 26.5. The molecule has 0 unspecified atom stereocenters. The Balaban J connectivity index is 1.84. The Morgan fingerprint density at radius 2 is 1.52 bits per heavy atom. The monoisotopic (exact) mass is 679 g/mol. The van der Waals surface area contributed by atoms with Crippen molar-refractivity contribution >= 4 is 50.7 Å². The Bertz CT molecular complexity index is 1780. The van der Waals surface area contributed by atoms with Gasteiger partial charge in [0, 0.05) is 19.5 Å². The van der Waals surface area contributed by atoms with Crippen molar-refractivity contribution in [2.45, 2.75) is 58.0 Å². The Labute approximate surface area is 282 Å². The third-order valence-corrected chi connectivity index (χ3v) is 10.4. The molecule has 0 saturated carbocycles. The van der Waals surface area contributed by atoms with Crippen molar-refractivity contribution in [1.82, 2.24) is 10.2 Å². The van der Waals surface area contributed by atoms with E-state index in [0.29, 0.717) is 34.3 Å². The first-order valence-electron chi connectivity index (χ1n) is 15.1. The van der Waals surface area contributed by atoms with Crippen LogP contribution in [0.15, 0.2) is 95.9 Å². The molecular formula is C36H39Cl2N3O4S. The van der Waals surface area contributed by atoms with Gasteiger partial charge in [-0.25, -0.2) is 8.42 Å². The smallest absolute Gasteiger partial charge is 0.264 e. The average molecular weight is 681 g/mol. The number of hydrogen-bond donors (Lipinski definition) is 1. The molecule has 2 amide bonds. The zero-order valence-corrected chi connectivity index (χ0v) is 28.8. The second kappa shape index (κ2) is 15.6. The molecule has 0 radical (unpaired) electrons. The third kappa shape index (κ3) is 8.49. The molecule has 10 heteroatoms. The standard InChI is InChI=1S/C36H39Cl2N3O4S/c1-5-20-39-36(43)34(22-28-11-7-6-8-12-28)40(23-29-16-19-31(37)32(38)21-29)35(42)24-41(33-13-9-10-26(3)27(33)4)46(44,45)30-17-14-25(2)15-18-30/h6-19,21,34H,5,20,22-24H2,1-4H3,(H,39,43)/t34-/m1/s1. The summed E-state index contributed by atoms with van der Waals surface area (Å²) in [5, 5.41) is 3.61. The molecule has 0 saturated heterocycles. The minimum Gasteiger partial charge on any atom is -0.354 e. The molecule has 4 aromatic rings. The number of sulfonamides is 1. The van der Waals surface area contributed by atoms with Crippen LogP contribution in [0.1, 0.15) is 41.2 Å². The van der Waals surface area contributed by atoms with Crippen LogP contribution in [0.3, 0.4) is 0 Å². The highest BCUT2D eigenvalue weighted by molar-refractivity contribution is 7.92. The van der Waals surface area contributed by atoms with Crippen LogP contribution in [0.5, 0.6) is 0 Å². The van der Waals surface area contributed by atoms with Gasteiger partial charge < -0.3 is 10.2 Å². The van der Waals surface area contributed by atoms with E-state index >= 15 is 0 Å². The van der Waals surface area contributed by atoms with Crippen LogP contribution in [-0.2, 0) is 32.6 Å². The van der Waals surface area contributed by atoms with Crippen molar-refractivity contribution in [3.8, 4) is 0 Å². The predicted molar refractivity (Wildman–Crippen MR) is 186 cm³/mol. The number of benzene rings is 4. The normalized spacial score (nSPS) is 12.0. The molecule has 0 spiro atoms. The number of rotatable bonds is 13. The highest BCUT2D eigenvalue weighted by atomic mass is 35.5. The summed E-state index contributed by atoms with van der Waals surface area (Å²) in [6, 6.07) is 25.4. The van der Waals surface area contributed by atoms with Crippen LogP contribution >= 0.6 is 23.2 Å². The van der Waals surface area contributed by atoms with Crippen LogP contribution in [0, 0.1) is 20.8 Å². The van der Waals surface area contributed by atoms with Gasteiger partial charge >= 0.3 is 0 Å². The fraction of sp³-hybridized carbons (Fsp3) is 0.278. The topological polar surface area (TPSA) is 86.8 Å². The van der Waals surface area contributed by atoms with Crippen molar-refractivity contribution in [3.05, 3.63) is 129 Å². The maximum Gasteiger partial charge on any atom is 0.264 e. The lowest BCUT2D eigenvalue weighted by atomic mass is 10.0. The molecule has 1 atom stereocenters. The minimum atomic E-state index is -4.20. The van der Waals surface area contributed by atoms with Gasteiger partial charge in [-0.1, -0.05) is 96.4 Å². The molecule has 0 heterocycles. The molecule has 0 bridgehead atoms. The highest BCUT2D eigenvalue weighted by Gasteiger charge is 2.35. The number of carbonyl (C=O) groups is 2. The van der Waals surface area contributed by atoms with Crippen molar-refractivity contribution in [3.63, 3.8) is 0 Å². The number of nitrogens with one attached hydrogen (secondary N) is 1. The molecular weight excluding hydrogens is 641 g/mol. The molecule has 0 fully saturated rings. The third-order valence-electron chi connectivity index (χ3n) is 7.89. The minimum absolute atomic E-state index is 0.00200. The van der Waals surface area contributed by atoms with E-state index < -0.39 is 28.5 Å². The van der Waals surface area contributed by atoms with E-state index in [0.717, 1.165) is 26.6 Å². The molecule has 4 aromatic carbocycles. The first-order chi connectivity index (χ1) is 21.9. The van der Waals surface area contributed by atoms with E-state index in [1.807, 2.05) is 64.1 Å². The molecule has 0 aromatic heterocycles. The van der Waals surface area contributed by atoms with Crippen molar-refractivity contribution in [1.29, 1.82) is 0 Å². The van der Waals surface area contributed by atoms with Gasteiger partial charge in [0.05, 0.1) is 20.6 Å². The molecule has 46 heavy (non-hydrogen) atoms. The summed E-state index contributed by atoms with van der Waals surface area (Å²) < 4.78 is 29.7. The number of anilines is 1. The maximum atomic E-state index is 14.6. The molecule has 0 aliphatic carbocycles. The second-order valence-corrected chi connectivity index (χ2v) is 14.0. The van der Waals surface area contributed by atoms with E-state index in [2.05, 4.69) is 5.32 Å². The van der Waals surface area contributed by atoms with Gasteiger partial charge in [0.2, 0.25) is 11.8 Å². The lowest BCUT2D eigenvalue weighted by Gasteiger charge is -2.34. The molecule has 0 aliphatic rings. The Kier molecular flexibility index (Phi) is 11.9. The van der Waals surface area contributed by atoms with Gasteiger partial charge in [-0.05, 0) is 79.8 Å². The van der Waals surface area contributed by atoms with Crippen molar-refractivity contribution in [2.24, 2.45) is 0 Å². The lowest BCUT2D eigenvalue weighted by molar-refractivity contribution is -0.140. The van der Waals surface area contributed by atoms with Crippen LogP contribution < -0.4 is 9.62 Å². The molecule has 0 aliphatic heterocycles. The molecule has 4 rings (SSSR count). The quantitative estimate of drug-likeness (QED) is 0.161. The summed E-state index contributed by atoms with van der Waals surface area (Å²) in [5.74, 6) is -0.881. The number of hydrogen-bond acceptors (Lipinski definition) is 4. The summed E-state index contributed by atoms with van der Waals surface area (Å²) >= 11 is 12.5. The number of amides is 2. The van der Waals surface area contributed by atoms with E-state index in [1.54, 1.807) is 42.5 Å². The summed E-state index contributed by atoms with van der Waals surface area (Å²) in [6.07, 6.45) is 0.928. The maximum absolute atomic E-state index is 14.6. The number of carbonyl (C=O) groups excluding carboxylic acids is 2. The second-order valence-electron chi connectivity index (χ2n) is 11.3. The fourth-order valence-corrected chi connectivity index (χ4v) is 6.90. The van der Waals surface area contributed by atoms with Gasteiger partial charge in [-0.15, -0.1) is 0 Å². The lowest BCUT2D eigenvalue weighted by Crippen LogP contribution is -2.53. The largest absolute Gasteiger partial charge is 0.354 e. The summed E-state index contributed by atoms with van der Waals surface area (Å²) in [7, 11) is -4.20. The molecule has 242 valence electrons. The van der Waals surface area contributed by atoms with E-state index in [-0.39, 0.29) is 23.8 Å². The summed E-state index contributed by atoms with van der Waals surface area (Å²) in [5.41, 5.74) is 4.39. The van der Waals surface area contributed by atoms with E-state index in [9.17, 15) is 18.0 Å². The Morgan fingerprint density at radius 3 is 2.17 bits per heavy atom. The van der Waals surface area contributed by atoms with Crippen LogP contribution in [-0.4, -0.2) is 44.3 Å². The van der Waals surface area contributed by atoms with Gasteiger partial charge in [0.1, 0.15) is 12.6 Å². The molecule has 1 N–H and O–H groups in total. The Morgan fingerprint density at radius 1 is 0.826 bits per heavy atom. The van der Waals surface area contributed by atoms with Crippen LogP contribution in [0.4, 0.5) is 5.69 Å². The van der Waals surface area contributed by atoms with Crippen molar-refractivity contribution in [2.75, 3.05) is 17.4 Å². The SMILES string of the molecule is CCCNC(=O)[C@@H](Cc1ccccc1)N(Cc1ccc(Cl)c(Cl)c1)C(=O)CN(c1cccc(C)c1C)S(=O)(=O)c1ccc(C)cc1. The van der Waals surface area contributed by atoms with Crippen LogP contribution in [0.2, 0.25) is 10.0 Å². The summed E-state index contributed by atoms with van der Waals surface area (Å²) in [4.78, 5) is 29.9. The number of nitrogens with zero attached hydrogens (tertiary/aromatic N) is 2. The average Bonchev–Trinajstić information content (AvgIpc) is 3.04.